The van der Waals surface area contributed by atoms with E-state index in [-0.39, 0.29) is 40.5 Å². The summed E-state index contributed by atoms with van der Waals surface area (Å²) in [7, 11) is -3.63. The summed E-state index contributed by atoms with van der Waals surface area (Å²) < 4.78 is 25.5. The summed E-state index contributed by atoms with van der Waals surface area (Å²) in [5.41, 5.74) is 0. The average molecular weight is 209 g/mol. The summed E-state index contributed by atoms with van der Waals surface area (Å²) in [6.45, 7) is 2.58. The van der Waals surface area contributed by atoms with Crippen molar-refractivity contribution in [3.8, 4) is 0 Å². The Morgan fingerprint density at radius 3 is 2.17 bits per heavy atom. The second kappa shape index (κ2) is 6.28. The summed E-state index contributed by atoms with van der Waals surface area (Å²) in [6.07, 6.45) is -1.28. The van der Waals surface area contributed by atoms with Crippen LogP contribution in [0.1, 0.15) is 13.8 Å². The summed E-state index contributed by atoms with van der Waals surface area (Å²) in [5.74, 6) is -0.203. The van der Waals surface area contributed by atoms with Gasteiger partial charge in [0.25, 0.3) is 10.1 Å². The van der Waals surface area contributed by atoms with Crippen molar-refractivity contribution < 1.29 is 23.0 Å². The van der Waals surface area contributed by atoms with Crippen molar-refractivity contribution in [3.05, 3.63) is 0 Å². The molecule has 0 saturated heterocycles. The summed E-state index contributed by atoms with van der Waals surface area (Å²) in [4.78, 5) is 0. The Morgan fingerprint density at radius 1 is 1.50 bits per heavy atom. The Morgan fingerprint density at radius 2 is 1.92 bits per heavy atom. The van der Waals surface area contributed by atoms with E-state index in [0.29, 0.717) is 0 Å². The molecule has 12 heavy (non-hydrogen) atoms. The maximum atomic E-state index is 10.6. The molecule has 0 saturated carbocycles. The topological polar surface area (TPSA) is 87.1 Å². The molecule has 0 spiro atoms. The molecule has 0 amide bonds. The predicted octanol–water partition coefficient (Wildman–Crippen LogP) is -0.869. The molecule has 0 heterocycles. The standard InChI is InChI=1S/C4H11NO5S.Na.H/c1-3-11(8,9)10-4(2)5(6)7;;/h4,6-7H,3H2,1-2H3;;. The molecule has 8 heteroatoms. The minimum absolute atomic E-state index is 0. The maximum absolute atomic E-state index is 10.6. The van der Waals surface area contributed by atoms with Crippen LogP contribution in [0.2, 0.25) is 0 Å². The molecule has 0 aliphatic rings. The summed E-state index contributed by atoms with van der Waals surface area (Å²) >= 11 is 0. The molecular formula is C4H12NNaO5S. The van der Waals surface area contributed by atoms with E-state index < -0.39 is 16.3 Å². The fourth-order valence-electron chi connectivity index (χ4n) is 0.319. The third-order valence-electron chi connectivity index (χ3n) is 0.965. The van der Waals surface area contributed by atoms with Crippen LogP contribution >= 0.6 is 0 Å². The van der Waals surface area contributed by atoms with Gasteiger partial charge in [-0.1, -0.05) is 0 Å². The molecule has 0 aliphatic heterocycles. The minimum atomic E-state index is -3.63. The van der Waals surface area contributed by atoms with Crippen LogP contribution in [0.15, 0.2) is 0 Å². The first kappa shape index (κ1) is 15.3. The van der Waals surface area contributed by atoms with Gasteiger partial charge in [0.05, 0.1) is 5.75 Å². The molecule has 0 aliphatic carbocycles. The van der Waals surface area contributed by atoms with E-state index in [1.807, 2.05) is 0 Å². The van der Waals surface area contributed by atoms with Crippen LogP contribution in [0.4, 0.5) is 0 Å². The molecule has 0 fully saturated rings. The van der Waals surface area contributed by atoms with E-state index in [9.17, 15) is 8.42 Å². The monoisotopic (exact) mass is 209 g/mol. The van der Waals surface area contributed by atoms with Crippen molar-refractivity contribution in [1.29, 1.82) is 0 Å². The zero-order valence-electron chi connectivity index (χ0n) is 6.26. The van der Waals surface area contributed by atoms with E-state index in [2.05, 4.69) is 4.18 Å². The van der Waals surface area contributed by atoms with Crippen LogP contribution in [0.3, 0.4) is 0 Å². The molecule has 1 atom stereocenters. The third kappa shape index (κ3) is 6.32. The van der Waals surface area contributed by atoms with Gasteiger partial charge in [-0.05, 0) is 19.1 Å². The first-order chi connectivity index (χ1) is 4.89. The van der Waals surface area contributed by atoms with Gasteiger partial charge in [-0.2, -0.15) is 8.42 Å². The van der Waals surface area contributed by atoms with Gasteiger partial charge in [-0.3, -0.25) is 10.4 Å². The Kier molecular flexibility index (Phi) is 7.99. The Hall–Kier alpha value is 0.790. The van der Waals surface area contributed by atoms with Gasteiger partial charge in [0.15, 0.2) is 6.23 Å². The Bertz CT molecular complexity index is 203. The van der Waals surface area contributed by atoms with Crippen molar-refractivity contribution >= 4 is 39.7 Å². The van der Waals surface area contributed by atoms with Crippen LogP contribution in [0.25, 0.3) is 0 Å². The van der Waals surface area contributed by atoms with E-state index in [4.69, 9.17) is 10.4 Å². The molecule has 70 valence electrons. The fourth-order valence-corrected chi connectivity index (χ4v) is 0.956. The van der Waals surface area contributed by atoms with Crippen molar-refractivity contribution in [2.45, 2.75) is 20.1 Å². The van der Waals surface area contributed by atoms with Gasteiger partial charge >= 0.3 is 29.6 Å². The molecule has 0 radical (unpaired) electrons. The van der Waals surface area contributed by atoms with Crippen LogP contribution < -0.4 is 0 Å². The molecular weight excluding hydrogens is 197 g/mol. The molecule has 6 nitrogen and oxygen atoms in total. The number of hydrogen-bond donors (Lipinski definition) is 2. The van der Waals surface area contributed by atoms with Gasteiger partial charge in [0.2, 0.25) is 0 Å². The molecule has 0 aromatic heterocycles. The quantitative estimate of drug-likeness (QED) is 0.271. The van der Waals surface area contributed by atoms with Gasteiger partial charge in [-0.15, -0.1) is 0 Å². The molecule has 1 unspecified atom stereocenters. The van der Waals surface area contributed by atoms with Crippen molar-refractivity contribution in [2.24, 2.45) is 0 Å². The number of nitrogens with zero attached hydrogens (tertiary/aromatic N) is 1. The molecule has 0 rings (SSSR count). The van der Waals surface area contributed by atoms with E-state index in [1.54, 1.807) is 0 Å². The van der Waals surface area contributed by atoms with Crippen LogP contribution in [0.5, 0.6) is 0 Å². The summed E-state index contributed by atoms with van der Waals surface area (Å²) in [5, 5.41) is 16.2. The third-order valence-corrected chi connectivity index (χ3v) is 2.24. The second-order valence-corrected chi connectivity index (χ2v) is 3.75. The van der Waals surface area contributed by atoms with Crippen LogP contribution in [0, 0.1) is 0 Å². The molecule has 0 bridgehead atoms. The van der Waals surface area contributed by atoms with Crippen LogP contribution in [-0.4, -0.2) is 65.6 Å². The molecule has 2 N–H and O–H groups in total. The predicted molar refractivity (Wildman–Crippen MR) is 42.6 cm³/mol. The van der Waals surface area contributed by atoms with Gasteiger partial charge < -0.3 is 0 Å². The Balaban J connectivity index is 0. The van der Waals surface area contributed by atoms with Gasteiger partial charge in [0.1, 0.15) is 0 Å². The number of rotatable bonds is 4. The second-order valence-electron chi connectivity index (χ2n) is 1.86. The number of hydrogen-bond acceptors (Lipinski definition) is 6. The normalized spacial score (nSPS) is 14.1. The fraction of sp³-hybridized carbons (Fsp3) is 1.00. The zero-order valence-corrected chi connectivity index (χ0v) is 7.08. The van der Waals surface area contributed by atoms with E-state index in [0.717, 1.165) is 0 Å². The van der Waals surface area contributed by atoms with E-state index >= 15 is 0 Å². The van der Waals surface area contributed by atoms with Crippen molar-refractivity contribution in [2.75, 3.05) is 5.75 Å². The number of hydroxylamine groups is 2. The SMILES string of the molecule is CCS(=O)(=O)OC(C)N(O)O.[NaH]. The van der Waals surface area contributed by atoms with Crippen molar-refractivity contribution in [3.63, 3.8) is 0 Å². The van der Waals surface area contributed by atoms with Crippen molar-refractivity contribution in [1.82, 2.24) is 5.23 Å². The average Bonchev–Trinajstić information content (AvgIpc) is 1.87. The van der Waals surface area contributed by atoms with Gasteiger partial charge in [0, 0.05) is 0 Å². The zero-order chi connectivity index (χ0) is 9.07. The van der Waals surface area contributed by atoms with Gasteiger partial charge in [-0.25, -0.2) is 4.18 Å². The summed E-state index contributed by atoms with van der Waals surface area (Å²) in [6, 6.07) is 0. The molecule has 0 aromatic rings. The Labute approximate surface area is 93.5 Å². The van der Waals surface area contributed by atoms with Crippen LogP contribution in [-0.2, 0) is 14.3 Å². The first-order valence-electron chi connectivity index (χ1n) is 2.97. The first-order valence-corrected chi connectivity index (χ1v) is 4.54. The molecule has 0 aromatic carbocycles. The van der Waals surface area contributed by atoms with E-state index in [1.165, 1.54) is 13.8 Å².